The number of ketones is 1. The number of phenolic OH excluding ortho intramolecular Hbond substituents is 2. The second-order valence-corrected chi connectivity index (χ2v) is 9.03. The zero-order valence-corrected chi connectivity index (χ0v) is 21.0. The Hall–Kier alpha value is -4.91. The maximum absolute atomic E-state index is 12.7. The number of aromatic hydroxyl groups is 2. The maximum atomic E-state index is 12.7. The quantitative estimate of drug-likeness (QED) is 0.196. The molecule has 1 aromatic heterocycles. The number of benzene rings is 4. The minimum Gasteiger partial charge on any atom is -0.507 e. The number of aryl methyl sites for hydroxylation is 1. The molecule has 5 rings (SSSR count). The summed E-state index contributed by atoms with van der Waals surface area (Å²) in [6, 6.07) is 23.0. The number of aromatic nitrogens is 3. The largest absolute Gasteiger partial charge is 0.507 e. The standard InChI is InChI=1S/C31H27N3O4/c1-3-8-23-17-20(2)18-27(31(23)37)34-32-26-12-7-11-21(29(26)33-34)15-16-38-24-13-14-25(28(35)19-24)30(36)22-9-5-4-6-10-22/h3-7,9-14,17-19,35,37H,1,8,15-16H2,2H3. The van der Waals surface area contributed by atoms with Crippen LogP contribution in [0.3, 0.4) is 0 Å². The van der Waals surface area contributed by atoms with Crippen molar-refractivity contribution in [1.82, 2.24) is 15.0 Å². The summed E-state index contributed by atoms with van der Waals surface area (Å²) in [6.45, 7) is 6.06. The van der Waals surface area contributed by atoms with Crippen molar-refractivity contribution in [1.29, 1.82) is 0 Å². The van der Waals surface area contributed by atoms with Gasteiger partial charge in [0.15, 0.2) is 5.78 Å². The molecule has 0 aliphatic heterocycles. The Morgan fingerprint density at radius 2 is 1.79 bits per heavy atom. The Morgan fingerprint density at radius 1 is 0.974 bits per heavy atom. The van der Waals surface area contributed by atoms with Crippen molar-refractivity contribution in [3.63, 3.8) is 0 Å². The lowest BCUT2D eigenvalue weighted by molar-refractivity contribution is 0.103. The molecule has 0 bridgehead atoms. The van der Waals surface area contributed by atoms with E-state index in [-0.39, 0.29) is 22.8 Å². The van der Waals surface area contributed by atoms with Crippen molar-refractivity contribution in [3.05, 3.63) is 119 Å². The number of nitrogens with zero attached hydrogens (tertiary/aromatic N) is 3. The third-order valence-corrected chi connectivity index (χ3v) is 6.28. The van der Waals surface area contributed by atoms with Crippen LogP contribution in [0.1, 0.15) is 32.6 Å². The normalized spacial score (nSPS) is 11.0. The molecule has 0 fully saturated rings. The lowest BCUT2D eigenvalue weighted by atomic mass is 10.0. The van der Waals surface area contributed by atoms with Gasteiger partial charge in [-0.05, 0) is 48.7 Å². The van der Waals surface area contributed by atoms with E-state index in [2.05, 4.69) is 16.8 Å². The summed E-state index contributed by atoms with van der Waals surface area (Å²) in [6.07, 6.45) is 2.83. The Kier molecular flexibility index (Phi) is 6.91. The molecule has 0 saturated heterocycles. The average molecular weight is 506 g/mol. The Bertz CT molecular complexity index is 1640. The highest BCUT2D eigenvalue weighted by atomic mass is 16.5. The number of phenols is 2. The van der Waals surface area contributed by atoms with Gasteiger partial charge in [0.05, 0.1) is 12.2 Å². The van der Waals surface area contributed by atoms with Crippen LogP contribution in [0.2, 0.25) is 0 Å². The van der Waals surface area contributed by atoms with Crippen LogP contribution in [0.15, 0.2) is 91.5 Å². The van der Waals surface area contributed by atoms with Crippen LogP contribution in [0.4, 0.5) is 0 Å². The highest BCUT2D eigenvalue weighted by molar-refractivity contribution is 6.10. The number of carbonyl (C=O) groups excluding carboxylic acids is 1. The molecule has 0 saturated carbocycles. The fourth-order valence-corrected chi connectivity index (χ4v) is 4.42. The minimum atomic E-state index is -0.249. The van der Waals surface area contributed by atoms with E-state index < -0.39 is 0 Å². The van der Waals surface area contributed by atoms with Crippen molar-refractivity contribution in [2.24, 2.45) is 0 Å². The van der Waals surface area contributed by atoms with Crippen LogP contribution in [-0.4, -0.2) is 37.6 Å². The van der Waals surface area contributed by atoms with Crippen LogP contribution in [-0.2, 0) is 12.8 Å². The Morgan fingerprint density at radius 3 is 2.55 bits per heavy atom. The van der Waals surface area contributed by atoms with Gasteiger partial charge in [-0.25, -0.2) is 0 Å². The van der Waals surface area contributed by atoms with Gasteiger partial charge in [-0.3, -0.25) is 4.79 Å². The minimum absolute atomic E-state index is 0.129. The Labute approximate surface area is 220 Å². The van der Waals surface area contributed by atoms with Crippen LogP contribution < -0.4 is 4.74 Å². The molecule has 0 unspecified atom stereocenters. The summed E-state index contributed by atoms with van der Waals surface area (Å²) >= 11 is 0. The van der Waals surface area contributed by atoms with Gasteiger partial charge < -0.3 is 14.9 Å². The number of fused-ring (bicyclic) bond motifs is 1. The fraction of sp³-hybridized carbons (Fsp3) is 0.129. The lowest BCUT2D eigenvalue weighted by Crippen LogP contribution is -2.04. The Balaban J connectivity index is 1.32. The van der Waals surface area contributed by atoms with E-state index in [9.17, 15) is 15.0 Å². The predicted octanol–water partition coefficient (Wildman–Crippen LogP) is 5.72. The molecule has 190 valence electrons. The van der Waals surface area contributed by atoms with E-state index >= 15 is 0 Å². The first kappa shape index (κ1) is 24.8. The third-order valence-electron chi connectivity index (χ3n) is 6.28. The maximum Gasteiger partial charge on any atom is 0.196 e. The predicted molar refractivity (Wildman–Crippen MR) is 146 cm³/mol. The number of allylic oxidation sites excluding steroid dienone is 1. The molecular weight excluding hydrogens is 478 g/mol. The van der Waals surface area contributed by atoms with Crippen molar-refractivity contribution < 1.29 is 19.7 Å². The highest BCUT2D eigenvalue weighted by Crippen LogP contribution is 2.29. The zero-order chi connectivity index (χ0) is 26.6. The molecule has 2 N–H and O–H groups in total. The van der Waals surface area contributed by atoms with Gasteiger partial charge in [0.25, 0.3) is 0 Å². The van der Waals surface area contributed by atoms with Crippen molar-refractivity contribution >= 4 is 16.8 Å². The van der Waals surface area contributed by atoms with Crippen molar-refractivity contribution in [2.75, 3.05) is 6.61 Å². The molecule has 7 nitrogen and oxygen atoms in total. The zero-order valence-electron chi connectivity index (χ0n) is 21.0. The molecule has 0 spiro atoms. The summed E-state index contributed by atoms with van der Waals surface area (Å²) < 4.78 is 5.87. The second-order valence-electron chi connectivity index (χ2n) is 9.03. The van der Waals surface area contributed by atoms with Gasteiger partial charge in [0, 0.05) is 23.6 Å². The van der Waals surface area contributed by atoms with Gasteiger partial charge in [0.2, 0.25) is 0 Å². The molecule has 5 aromatic rings. The number of hydrogen-bond donors (Lipinski definition) is 2. The number of hydrogen-bond acceptors (Lipinski definition) is 6. The van der Waals surface area contributed by atoms with Gasteiger partial charge >= 0.3 is 0 Å². The molecule has 7 heteroatoms. The molecule has 0 aliphatic rings. The number of rotatable bonds is 9. The SMILES string of the molecule is C=CCc1cc(C)cc(-n2nc3cccc(CCOc4ccc(C(=O)c5ccccc5)c(O)c4)c3n2)c1O. The van der Waals surface area contributed by atoms with E-state index in [1.165, 1.54) is 10.9 Å². The summed E-state index contributed by atoms with van der Waals surface area (Å²) in [5.74, 6) is 0.216. The van der Waals surface area contributed by atoms with Gasteiger partial charge in [-0.15, -0.1) is 21.6 Å². The van der Waals surface area contributed by atoms with Gasteiger partial charge in [0.1, 0.15) is 34.0 Å². The van der Waals surface area contributed by atoms with E-state index in [4.69, 9.17) is 4.74 Å². The van der Waals surface area contributed by atoms with E-state index in [1.54, 1.807) is 42.5 Å². The smallest absolute Gasteiger partial charge is 0.196 e. The lowest BCUT2D eigenvalue weighted by Gasteiger charge is -2.10. The molecular formula is C31H27N3O4. The van der Waals surface area contributed by atoms with E-state index in [1.807, 2.05) is 43.3 Å². The van der Waals surface area contributed by atoms with Crippen LogP contribution in [0.25, 0.3) is 16.7 Å². The summed E-state index contributed by atoms with van der Waals surface area (Å²) in [5, 5.41) is 30.5. The fourth-order valence-electron chi connectivity index (χ4n) is 4.42. The number of carbonyl (C=O) groups is 1. The first-order chi connectivity index (χ1) is 18.4. The molecule has 0 amide bonds. The number of ether oxygens (including phenoxy) is 1. The van der Waals surface area contributed by atoms with Crippen molar-refractivity contribution in [2.45, 2.75) is 19.8 Å². The molecule has 4 aromatic carbocycles. The second kappa shape index (κ2) is 10.6. The summed E-state index contributed by atoms with van der Waals surface area (Å²) in [5.41, 5.74) is 5.36. The summed E-state index contributed by atoms with van der Waals surface area (Å²) in [4.78, 5) is 14.1. The van der Waals surface area contributed by atoms with Crippen LogP contribution in [0, 0.1) is 6.92 Å². The van der Waals surface area contributed by atoms with Crippen LogP contribution in [0.5, 0.6) is 17.2 Å². The van der Waals surface area contributed by atoms with Crippen LogP contribution >= 0.6 is 0 Å². The van der Waals surface area contributed by atoms with E-state index in [0.717, 1.165) is 16.7 Å². The molecule has 1 heterocycles. The van der Waals surface area contributed by atoms with Crippen molar-refractivity contribution in [3.8, 4) is 22.9 Å². The average Bonchev–Trinajstić information content (AvgIpc) is 3.36. The first-order valence-electron chi connectivity index (χ1n) is 12.3. The highest BCUT2D eigenvalue weighted by Gasteiger charge is 2.16. The molecule has 0 atom stereocenters. The third kappa shape index (κ3) is 4.99. The topological polar surface area (TPSA) is 97.5 Å². The monoisotopic (exact) mass is 505 g/mol. The molecule has 0 aliphatic carbocycles. The molecule has 38 heavy (non-hydrogen) atoms. The van der Waals surface area contributed by atoms with Gasteiger partial charge in [-0.1, -0.05) is 54.6 Å². The first-order valence-corrected chi connectivity index (χ1v) is 12.3. The molecule has 0 radical (unpaired) electrons. The van der Waals surface area contributed by atoms with Gasteiger partial charge in [-0.2, -0.15) is 0 Å². The summed E-state index contributed by atoms with van der Waals surface area (Å²) in [7, 11) is 0. The van der Waals surface area contributed by atoms with E-state index in [0.29, 0.717) is 47.5 Å².